The standard InChI is InChI=1S/C17H19NO3/c1-10(2)15-14(17(19)20)9-11(3)16(18-15)12-5-7-13(21-4)8-6-12/h5-10H,1-4H3,(H,19,20). The van der Waals surface area contributed by atoms with Crippen molar-refractivity contribution < 1.29 is 14.6 Å². The van der Waals surface area contributed by atoms with Crippen LogP contribution in [0.4, 0.5) is 0 Å². The van der Waals surface area contributed by atoms with Crippen LogP contribution >= 0.6 is 0 Å². The van der Waals surface area contributed by atoms with Crippen LogP contribution in [0.3, 0.4) is 0 Å². The van der Waals surface area contributed by atoms with Crippen LogP contribution in [0.1, 0.15) is 41.4 Å². The number of aryl methyl sites for hydroxylation is 1. The van der Waals surface area contributed by atoms with Gasteiger partial charge in [-0.25, -0.2) is 4.79 Å². The number of nitrogens with zero attached hydrogens (tertiary/aromatic N) is 1. The first-order valence-electron chi connectivity index (χ1n) is 6.83. The molecule has 0 fully saturated rings. The van der Waals surface area contributed by atoms with Crippen molar-refractivity contribution in [2.45, 2.75) is 26.7 Å². The Balaban J connectivity index is 2.58. The van der Waals surface area contributed by atoms with Crippen LogP contribution in [0.5, 0.6) is 5.75 Å². The number of pyridine rings is 1. The van der Waals surface area contributed by atoms with Crippen LogP contribution in [0, 0.1) is 6.92 Å². The van der Waals surface area contributed by atoms with Crippen molar-refractivity contribution in [2.75, 3.05) is 7.11 Å². The second kappa shape index (κ2) is 5.95. The van der Waals surface area contributed by atoms with Gasteiger partial charge in [-0.1, -0.05) is 13.8 Å². The first kappa shape index (κ1) is 15.0. The van der Waals surface area contributed by atoms with Crippen LogP contribution in [0.2, 0.25) is 0 Å². The summed E-state index contributed by atoms with van der Waals surface area (Å²) in [5.41, 5.74) is 3.50. The van der Waals surface area contributed by atoms with Gasteiger partial charge in [-0.2, -0.15) is 0 Å². The van der Waals surface area contributed by atoms with Gasteiger partial charge in [0.1, 0.15) is 5.75 Å². The molecule has 1 aromatic heterocycles. The summed E-state index contributed by atoms with van der Waals surface area (Å²) < 4.78 is 5.15. The van der Waals surface area contributed by atoms with Gasteiger partial charge >= 0.3 is 5.97 Å². The summed E-state index contributed by atoms with van der Waals surface area (Å²) in [6.07, 6.45) is 0. The molecule has 2 aromatic rings. The Kier molecular flexibility index (Phi) is 4.26. The molecular formula is C17H19NO3. The van der Waals surface area contributed by atoms with E-state index in [1.54, 1.807) is 13.2 Å². The van der Waals surface area contributed by atoms with Crippen molar-refractivity contribution in [3.8, 4) is 17.0 Å². The Morgan fingerprint density at radius 3 is 2.33 bits per heavy atom. The summed E-state index contributed by atoms with van der Waals surface area (Å²) in [6, 6.07) is 9.30. The van der Waals surface area contributed by atoms with Crippen LogP contribution in [-0.2, 0) is 0 Å². The molecule has 4 nitrogen and oxygen atoms in total. The zero-order valence-electron chi connectivity index (χ0n) is 12.7. The Bertz CT molecular complexity index is 660. The smallest absolute Gasteiger partial charge is 0.337 e. The first-order valence-corrected chi connectivity index (χ1v) is 6.83. The van der Waals surface area contributed by atoms with E-state index in [9.17, 15) is 9.90 Å². The van der Waals surface area contributed by atoms with E-state index in [1.165, 1.54) is 0 Å². The highest BCUT2D eigenvalue weighted by atomic mass is 16.5. The number of rotatable bonds is 4. The van der Waals surface area contributed by atoms with Gasteiger partial charge in [-0.05, 0) is 48.7 Å². The van der Waals surface area contributed by atoms with Gasteiger partial charge < -0.3 is 9.84 Å². The maximum absolute atomic E-state index is 11.4. The molecule has 1 heterocycles. The zero-order valence-corrected chi connectivity index (χ0v) is 12.7. The van der Waals surface area contributed by atoms with E-state index in [2.05, 4.69) is 4.98 Å². The van der Waals surface area contributed by atoms with Crippen molar-refractivity contribution in [2.24, 2.45) is 0 Å². The Hall–Kier alpha value is -2.36. The lowest BCUT2D eigenvalue weighted by atomic mass is 9.98. The molecule has 0 bridgehead atoms. The average molecular weight is 285 g/mol. The lowest BCUT2D eigenvalue weighted by Gasteiger charge is -2.14. The van der Waals surface area contributed by atoms with E-state index in [1.807, 2.05) is 45.0 Å². The van der Waals surface area contributed by atoms with Crippen LogP contribution in [0.15, 0.2) is 30.3 Å². The Morgan fingerprint density at radius 1 is 1.24 bits per heavy atom. The normalized spacial score (nSPS) is 10.7. The molecule has 0 amide bonds. The highest BCUT2D eigenvalue weighted by molar-refractivity contribution is 5.90. The van der Waals surface area contributed by atoms with Gasteiger partial charge in [0.2, 0.25) is 0 Å². The predicted molar refractivity (Wildman–Crippen MR) is 82.0 cm³/mol. The molecule has 0 unspecified atom stereocenters. The minimum absolute atomic E-state index is 0.0497. The van der Waals surface area contributed by atoms with Gasteiger partial charge in [0.25, 0.3) is 0 Å². The number of hydrogen-bond acceptors (Lipinski definition) is 3. The summed E-state index contributed by atoms with van der Waals surface area (Å²) in [4.78, 5) is 16.0. The van der Waals surface area contributed by atoms with Crippen LogP contribution in [-0.4, -0.2) is 23.2 Å². The van der Waals surface area contributed by atoms with Crippen molar-refractivity contribution in [1.29, 1.82) is 0 Å². The van der Waals surface area contributed by atoms with E-state index in [4.69, 9.17) is 4.74 Å². The molecule has 0 aliphatic heterocycles. The van der Waals surface area contributed by atoms with Gasteiger partial charge in [0.05, 0.1) is 24.1 Å². The number of hydrogen-bond donors (Lipinski definition) is 1. The van der Waals surface area contributed by atoms with Gasteiger partial charge in [0.15, 0.2) is 0 Å². The molecule has 110 valence electrons. The molecular weight excluding hydrogens is 266 g/mol. The highest BCUT2D eigenvalue weighted by Gasteiger charge is 2.18. The summed E-state index contributed by atoms with van der Waals surface area (Å²) in [6.45, 7) is 5.77. The van der Waals surface area contributed by atoms with Crippen molar-refractivity contribution in [3.05, 3.63) is 47.2 Å². The van der Waals surface area contributed by atoms with Crippen LogP contribution in [0.25, 0.3) is 11.3 Å². The fraction of sp³-hybridized carbons (Fsp3) is 0.294. The second-order valence-corrected chi connectivity index (χ2v) is 5.28. The van der Waals surface area contributed by atoms with E-state index in [0.717, 1.165) is 22.6 Å². The van der Waals surface area contributed by atoms with Gasteiger partial charge in [-0.3, -0.25) is 4.98 Å². The fourth-order valence-electron chi connectivity index (χ4n) is 2.28. The molecule has 0 saturated heterocycles. The third-order valence-electron chi connectivity index (χ3n) is 3.38. The van der Waals surface area contributed by atoms with Crippen molar-refractivity contribution in [1.82, 2.24) is 4.98 Å². The van der Waals surface area contributed by atoms with E-state index >= 15 is 0 Å². The average Bonchev–Trinajstić information content (AvgIpc) is 2.46. The number of aromatic nitrogens is 1. The maximum atomic E-state index is 11.4. The van der Waals surface area contributed by atoms with Gasteiger partial charge in [-0.15, -0.1) is 0 Å². The van der Waals surface area contributed by atoms with E-state index in [0.29, 0.717) is 5.69 Å². The van der Waals surface area contributed by atoms with Crippen LogP contribution < -0.4 is 4.74 Å². The molecule has 0 atom stereocenters. The van der Waals surface area contributed by atoms with E-state index < -0.39 is 5.97 Å². The molecule has 0 saturated carbocycles. The quantitative estimate of drug-likeness (QED) is 0.926. The topological polar surface area (TPSA) is 59.4 Å². The molecule has 2 rings (SSSR count). The number of benzene rings is 1. The minimum Gasteiger partial charge on any atom is -0.497 e. The lowest BCUT2D eigenvalue weighted by Crippen LogP contribution is -2.08. The SMILES string of the molecule is COc1ccc(-c2nc(C(C)C)c(C(=O)O)cc2C)cc1. The zero-order chi connectivity index (χ0) is 15.6. The largest absolute Gasteiger partial charge is 0.497 e. The third kappa shape index (κ3) is 3.05. The van der Waals surface area contributed by atoms with Crippen molar-refractivity contribution in [3.63, 3.8) is 0 Å². The summed E-state index contributed by atoms with van der Waals surface area (Å²) in [5.74, 6) is -0.105. The molecule has 0 spiro atoms. The molecule has 1 N–H and O–H groups in total. The minimum atomic E-state index is -0.935. The summed E-state index contributed by atoms with van der Waals surface area (Å²) >= 11 is 0. The fourth-order valence-corrected chi connectivity index (χ4v) is 2.28. The van der Waals surface area contributed by atoms with Crippen molar-refractivity contribution >= 4 is 5.97 Å². The Morgan fingerprint density at radius 2 is 1.86 bits per heavy atom. The number of aromatic carboxylic acids is 1. The number of carboxylic acids is 1. The van der Waals surface area contributed by atoms with Gasteiger partial charge in [0, 0.05) is 5.56 Å². The maximum Gasteiger partial charge on any atom is 0.337 e. The lowest BCUT2D eigenvalue weighted by molar-refractivity contribution is 0.0694. The number of methoxy groups -OCH3 is 1. The molecule has 0 aliphatic carbocycles. The first-order chi connectivity index (χ1) is 9.93. The molecule has 0 radical (unpaired) electrons. The molecule has 0 aliphatic rings. The molecule has 4 heteroatoms. The molecule has 1 aromatic carbocycles. The summed E-state index contributed by atoms with van der Waals surface area (Å²) in [5, 5.41) is 9.31. The summed E-state index contributed by atoms with van der Waals surface area (Å²) in [7, 11) is 1.62. The second-order valence-electron chi connectivity index (χ2n) is 5.28. The van der Waals surface area contributed by atoms with E-state index in [-0.39, 0.29) is 11.5 Å². The number of carbonyl (C=O) groups is 1. The Labute approximate surface area is 124 Å². The predicted octanol–water partition coefficient (Wildman–Crippen LogP) is 3.89. The number of carboxylic acid groups (broad SMARTS) is 1. The third-order valence-corrected chi connectivity index (χ3v) is 3.38. The number of ether oxygens (including phenoxy) is 1. The molecule has 21 heavy (non-hydrogen) atoms. The monoisotopic (exact) mass is 285 g/mol. The highest BCUT2D eigenvalue weighted by Crippen LogP contribution is 2.28.